The van der Waals surface area contributed by atoms with Crippen molar-refractivity contribution in [1.82, 2.24) is 15.0 Å². The third-order valence-corrected chi connectivity index (χ3v) is 8.18. The van der Waals surface area contributed by atoms with Gasteiger partial charge in [-0.05, 0) is 74.2 Å². The van der Waals surface area contributed by atoms with Crippen LogP contribution in [0.2, 0.25) is 0 Å². The van der Waals surface area contributed by atoms with Crippen molar-refractivity contribution in [3.63, 3.8) is 0 Å². The molecule has 7 nitrogen and oxygen atoms in total. The maximum atomic E-state index is 13.2. The molecule has 10 heteroatoms. The van der Waals surface area contributed by atoms with Crippen LogP contribution in [0.5, 0.6) is 5.75 Å². The topological polar surface area (TPSA) is 97.4 Å². The summed E-state index contributed by atoms with van der Waals surface area (Å²) < 4.78 is 47.3. The standard InChI is InChI=1S/C25H28FN3O4S2/c1-16-11-17(2)13-19(12-16)33-14-24-27-23(15-34-24)25(30)28-21-5-3-4-6-22(21)29-35(31,32)20-9-7-18(26)8-10-20/h7-13,15,21-22,29H,3-6,14H2,1-2H3,(H,28,30)/t21-,22-/m1/s1. The minimum atomic E-state index is -3.84. The molecule has 0 saturated heterocycles. The highest BCUT2D eigenvalue weighted by atomic mass is 32.2. The van der Waals surface area contributed by atoms with Crippen LogP contribution in [0.3, 0.4) is 0 Å². The van der Waals surface area contributed by atoms with E-state index in [1.165, 1.54) is 23.5 Å². The summed E-state index contributed by atoms with van der Waals surface area (Å²) in [6.07, 6.45) is 2.97. The Hall–Kier alpha value is -2.82. The van der Waals surface area contributed by atoms with Crippen molar-refractivity contribution >= 4 is 27.3 Å². The van der Waals surface area contributed by atoms with Gasteiger partial charge in [0, 0.05) is 17.5 Å². The number of nitrogens with one attached hydrogen (secondary N) is 2. The van der Waals surface area contributed by atoms with Gasteiger partial charge in [-0.25, -0.2) is 22.5 Å². The van der Waals surface area contributed by atoms with E-state index in [2.05, 4.69) is 21.1 Å². The number of benzene rings is 2. The third-order valence-electron chi connectivity index (χ3n) is 5.85. The van der Waals surface area contributed by atoms with Crippen molar-refractivity contribution in [2.24, 2.45) is 0 Å². The fraction of sp³-hybridized carbons (Fsp3) is 0.360. The van der Waals surface area contributed by atoms with E-state index in [1.54, 1.807) is 5.38 Å². The van der Waals surface area contributed by atoms with Gasteiger partial charge in [-0.1, -0.05) is 18.9 Å². The molecule has 2 atom stereocenters. The minimum Gasteiger partial charge on any atom is -0.486 e. The van der Waals surface area contributed by atoms with E-state index in [-0.39, 0.29) is 29.1 Å². The van der Waals surface area contributed by atoms with Crippen LogP contribution in [0.1, 0.15) is 52.3 Å². The summed E-state index contributed by atoms with van der Waals surface area (Å²) in [4.78, 5) is 17.3. The van der Waals surface area contributed by atoms with Crippen LogP contribution in [0.25, 0.3) is 0 Å². The molecule has 0 bridgehead atoms. The molecule has 1 amide bonds. The van der Waals surface area contributed by atoms with E-state index in [9.17, 15) is 17.6 Å². The number of hydrogen-bond acceptors (Lipinski definition) is 6. The maximum absolute atomic E-state index is 13.2. The molecule has 1 aromatic heterocycles. The average molecular weight is 518 g/mol. The lowest BCUT2D eigenvalue weighted by Crippen LogP contribution is -2.53. The smallest absolute Gasteiger partial charge is 0.271 e. The first-order valence-corrected chi connectivity index (χ1v) is 13.8. The van der Waals surface area contributed by atoms with Gasteiger partial charge in [0.15, 0.2) is 0 Å². The summed E-state index contributed by atoms with van der Waals surface area (Å²) in [5, 5.41) is 5.30. The fourth-order valence-corrected chi connectivity index (χ4v) is 6.21. The lowest BCUT2D eigenvalue weighted by Gasteiger charge is -2.32. The number of rotatable bonds is 8. The van der Waals surface area contributed by atoms with Crippen LogP contribution in [0.15, 0.2) is 52.7 Å². The number of ether oxygens (including phenoxy) is 1. The number of carbonyl (C=O) groups excluding carboxylic acids is 1. The first-order chi connectivity index (χ1) is 16.7. The second-order valence-corrected chi connectivity index (χ2v) is 11.4. The zero-order chi connectivity index (χ0) is 25.0. The average Bonchev–Trinajstić information content (AvgIpc) is 3.28. The third kappa shape index (κ3) is 6.65. The lowest BCUT2D eigenvalue weighted by atomic mass is 9.91. The Morgan fingerprint density at radius 3 is 2.43 bits per heavy atom. The quantitative estimate of drug-likeness (QED) is 0.459. The van der Waals surface area contributed by atoms with Crippen LogP contribution in [0, 0.1) is 19.7 Å². The first kappa shape index (κ1) is 25.3. The molecule has 2 N–H and O–H groups in total. The Morgan fingerprint density at radius 2 is 1.74 bits per heavy atom. The lowest BCUT2D eigenvalue weighted by molar-refractivity contribution is 0.0914. The minimum absolute atomic E-state index is 0.0116. The highest BCUT2D eigenvalue weighted by molar-refractivity contribution is 7.89. The van der Waals surface area contributed by atoms with Crippen molar-refractivity contribution in [1.29, 1.82) is 0 Å². The van der Waals surface area contributed by atoms with Crippen molar-refractivity contribution in [3.8, 4) is 5.75 Å². The second-order valence-electron chi connectivity index (χ2n) is 8.78. The Kier molecular flexibility index (Phi) is 7.83. The number of thiazole rings is 1. The van der Waals surface area contributed by atoms with Gasteiger partial charge in [-0.3, -0.25) is 4.79 Å². The number of amides is 1. The van der Waals surface area contributed by atoms with E-state index in [4.69, 9.17) is 4.74 Å². The van der Waals surface area contributed by atoms with Crippen molar-refractivity contribution in [2.45, 2.75) is 63.1 Å². The number of aromatic nitrogens is 1. The van der Waals surface area contributed by atoms with Gasteiger partial charge >= 0.3 is 0 Å². The van der Waals surface area contributed by atoms with Gasteiger partial charge in [0.1, 0.15) is 28.9 Å². The van der Waals surface area contributed by atoms with Gasteiger partial charge in [-0.2, -0.15) is 0 Å². The second kappa shape index (κ2) is 10.8. The largest absolute Gasteiger partial charge is 0.486 e. The van der Waals surface area contributed by atoms with Crippen LogP contribution in [0.4, 0.5) is 4.39 Å². The predicted octanol–water partition coefficient (Wildman–Crippen LogP) is 4.50. The van der Waals surface area contributed by atoms with Gasteiger partial charge in [0.2, 0.25) is 10.0 Å². The van der Waals surface area contributed by atoms with Crippen LogP contribution in [-0.2, 0) is 16.6 Å². The number of halogens is 1. The summed E-state index contributed by atoms with van der Waals surface area (Å²) in [7, 11) is -3.84. The summed E-state index contributed by atoms with van der Waals surface area (Å²) in [5.41, 5.74) is 2.49. The zero-order valence-electron chi connectivity index (χ0n) is 19.6. The Bertz CT molecular complexity index is 1270. The van der Waals surface area contributed by atoms with Gasteiger partial charge < -0.3 is 10.1 Å². The SMILES string of the molecule is Cc1cc(C)cc(OCc2nc(C(=O)N[C@@H]3CCCC[C@H]3NS(=O)(=O)c3ccc(F)cc3)cs2)c1. The van der Waals surface area contributed by atoms with E-state index in [1.807, 2.05) is 26.0 Å². The maximum Gasteiger partial charge on any atom is 0.271 e. The molecule has 4 rings (SSSR count). The monoisotopic (exact) mass is 517 g/mol. The molecule has 0 unspecified atom stereocenters. The highest BCUT2D eigenvalue weighted by Crippen LogP contribution is 2.23. The molecule has 1 fully saturated rings. The molecule has 1 heterocycles. The summed E-state index contributed by atoms with van der Waals surface area (Å²) >= 11 is 1.34. The van der Waals surface area contributed by atoms with Crippen LogP contribution < -0.4 is 14.8 Å². The Morgan fingerprint density at radius 1 is 1.09 bits per heavy atom. The number of nitrogens with zero attached hydrogens (tertiary/aromatic N) is 1. The normalized spacial score (nSPS) is 18.3. The van der Waals surface area contributed by atoms with Crippen molar-refractivity contribution in [3.05, 3.63) is 75.5 Å². The fourth-order valence-electron chi connectivity index (χ4n) is 4.21. The molecule has 35 heavy (non-hydrogen) atoms. The van der Waals surface area contributed by atoms with E-state index in [0.29, 0.717) is 17.8 Å². The number of carbonyl (C=O) groups is 1. The van der Waals surface area contributed by atoms with Crippen LogP contribution in [-0.4, -0.2) is 31.4 Å². The highest BCUT2D eigenvalue weighted by Gasteiger charge is 2.31. The summed E-state index contributed by atoms with van der Waals surface area (Å²) in [5.74, 6) is -0.104. The molecule has 0 spiro atoms. The summed E-state index contributed by atoms with van der Waals surface area (Å²) in [6, 6.07) is 9.80. The predicted molar refractivity (Wildman–Crippen MR) is 133 cm³/mol. The van der Waals surface area contributed by atoms with E-state index >= 15 is 0 Å². The number of aryl methyl sites for hydroxylation is 2. The van der Waals surface area contributed by atoms with E-state index < -0.39 is 21.9 Å². The molecule has 1 aliphatic carbocycles. The molecule has 1 saturated carbocycles. The van der Waals surface area contributed by atoms with Crippen molar-refractivity contribution in [2.75, 3.05) is 0 Å². The molecular formula is C25H28FN3O4S2. The van der Waals surface area contributed by atoms with Crippen LogP contribution >= 0.6 is 11.3 Å². The number of sulfonamides is 1. The van der Waals surface area contributed by atoms with Gasteiger partial charge in [0.05, 0.1) is 4.90 Å². The van der Waals surface area contributed by atoms with Crippen molar-refractivity contribution < 1.29 is 22.3 Å². The Balaban J connectivity index is 1.38. The molecule has 2 aromatic carbocycles. The first-order valence-electron chi connectivity index (χ1n) is 11.4. The molecule has 1 aliphatic rings. The number of hydrogen-bond donors (Lipinski definition) is 2. The molecular weight excluding hydrogens is 489 g/mol. The molecule has 186 valence electrons. The summed E-state index contributed by atoms with van der Waals surface area (Å²) in [6.45, 7) is 4.26. The van der Waals surface area contributed by atoms with Gasteiger partial charge in [-0.15, -0.1) is 11.3 Å². The molecule has 0 aliphatic heterocycles. The Labute approximate surface area is 208 Å². The molecule has 3 aromatic rings. The van der Waals surface area contributed by atoms with E-state index in [0.717, 1.165) is 41.9 Å². The van der Waals surface area contributed by atoms with Gasteiger partial charge in [0.25, 0.3) is 5.91 Å². The zero-order valence-corrected chi connectivity index (χ0v) is 21.2. The molecule has 0 radical (unpaired) electrons.